The summed E-state index contributed by atoms with van der Waals surface area (Å²) in [6, 6.07) is 6.39. The Morgan fingerprint density at radius 1 is 1.35 bits per heavy atom. The highest BCUT2D eigenvalue weighted by molar-refractivity contribution is 9.10. The first-order chi connectivity index (χ1) is 7.99. The molecular weight excluding hydrogens is 306 g/mol. The van der Waals surface area contributed by atoms with Gasteiger partial charge in [-0.15, -0.1) is 0 Å². The van der Waals surface area contributed by atoms with Crippen LogP contribution in [0.4, 0.5) is 0 Å². The average Bonchev–Trinajstić information content (AvgIpc) is 3.10. The number of hydrogen-bond acceptors (Lipinski definition) is 3. The molecule has 1 fully saturated rings. The van der Waals surface area contributed by atoms with Crippen molar-refractivity contribution < 1.29 is 13.5 Å². The zero-order valence-electron chi connectivity index (χ0n) is 9.14. The Morgan fingerprint density at radius 2 is 1.94 bits per heavy atom. The highest BCUT2D eigenvalue weighted by Gasteiger charge is 2.30. The molecule has 0 aliphatic heterocycles. The fraction of sp³-hybridized carbons (Fsp3) is 0.455. The maximum absolute atomic E-state index is 11.9. The molecule has 1 unspecified atom stereocenters. The molecule has 0 radical (unpaired) electrons. The van der Waals surface area contributed by atoms with Crippen LogP contribution in [0.2, 0.25) is 0 Å². The highest BCUT2D eigenvalue weighted by atomic mass is 79.9. The summed E-state index contributed by atoms with van der Waals surface area (Å²) < 4.78 is 27.0. The molecule has 2 N–H and O–H groups in total. The largest absolute Gasteiger partial charge is 0.391 e. The lowest BCUT2D eigenvalue weighted by Crippen LogP contribution is -2.33. The zero-order valence-corrected chi connectivity index (χ0v) is 11.5. The number of benzene rings is 1. The third-order valence-electron chi connectivity index (χ3n) is 2.77. The zero-order chi connectivity index (χ0) is 12.5. The van der Waals surface area contributed by atoms with E-state index in [4.69, 9.17) is 0 Å². The Labute approximate surface area is 109 Å². The number of nitrogens with one attached hydrogen (secondary N) is 1. The summed E-state index contributed by atoms with van der Waals surface area (Å²) in [6.45, 7) is 0.0864. The van der Waals surface area contributed by atoms with Crippen molar-refractivity contribution in [3.8, 4) is 0 Å². The molecule has 4 nitrogen and oxygen atoms in total. The van der Waals surface area contributed by atoms with Gasteiger partial charge in [-0.25, -0.2) is 13.1 Å². The van der Waals surface area contributed by atoms with E-state index < -0.39 is 16.1 Å². The normalized spacial score (nSPS) is 18.0. The van der Waals surface area contributed by atoms with Gasteiger partial charge < -0.3 is 5.11 Å². The molecule has 2 rings (SSSR count). The van der Waals surface area contributed by atoms with E-state index in [0.717, 1.165) is 17.3 Å². The van der Waals surface area contributed by atoms with Gasteiger partial charge in [0.2, 0.25) is 10.0 Å². The van der Waals surface area contributed by atoms with E-state index in [0.29, 0.717) is 0 Å². The van der Waals surface area contributed by atoms with Gasteiger partial charge in [-0.05, 0) is 43.0 Å². The van der Waals surface area contributed by atoms with E-state index in [1.807, 2.05) is 0 Å². The van der Waals surface area contributed by atoms with Gasteiger partial charge in [0.1, 0.15) is 0 Å². The van der Waals surface area contributed by atoms with Crippen LogP contribution in [0.5, 0.6) is 0 Å². The Kier molecular flexibility index (Phi) is 3.87. The van der Waals surface area contributed by atoms with Crippen LogP contribution >= 0.6 is 15.9 Å². The van der Waals surface area contributed by atoms with Crippen LogP contribution < -0.4 is 4.72 Å². The van der Waals surface area contributed by atoms with E-state index in [-0.39, 0.29) is 17.4 Å². The molecule has 17 heavy (non-hydrogen) atoms. The first kappa shape index (κ1) is 13.0. The summed E-state index contributed by atoms with van der Waals surface area (Å²) in [7, 11) is -3.51. The van der Waals surface area contributed by atoms with Crippen molar-refractivity contribution in [3.63, 3.8) is 0 Å². The van der Waals surface area contributed by atoms with Gasteiger partial charge in [-0.3, -0.25) is 0 Å². The van der Waals surface area contributed by atoms with E-state index >= 15 is 0 Å². The molecule has 1 aliphatic rings. The van der Waals surface area contributed by atoms with Gasteiger partial charge in [0.25, 0.3) is 0 Å². The highest BCUT2D eigenvalue weighted by Crippen LogP contribution is 2.32. The van der Waals surface area contributed by atoms with Crippen LogP contribution in [0.3, 0.4) is 0 Å². The summed E-state index contributed by atoms with van der Waals surface area (Å²) in [6.07, 6.45) is 1.41. The number of sulfonamides is 1. The first-order valence-electron chi connectivity index (χ1n) is 5.42. The van der Waals surface area contributed by atoms with Gasteiger partial charge in [0, 0.05) is 11.0 Å². The van der Waals surface area contributed by atoms with Crippen molar-refractivity contribution in [2.24, 2.45) is 5.92 Å². The predicted octanol–water partition coefficient (Wildman–Crippen LogP) is 1.50. The number of aliphatic hydroxyl groups is 1. The summed E-state index contributed by atoms with van der Waals surface area (Å²) in [5.74, 6) is 0.266. The second-order valence-corrected chi connectivity index (χ2v) is 6.89. The lowest BCUT2D eigenvalue weighted by Gasteiger charge is -2.11. The number of aliphatic hydroxyl groups excluding tert-OH is 1. The van der Waals surface area contributed by atoms with Gasteiger partial charge in [-0.2, -0.15) is 0 Å². The number of rotatable bonds is 5. The third kappa shape index (κ3) is 3.51. The van der Waals surface area contributed by atoms with Crippen molar-refractivity contribution >= 4 is 26.0 Å². The average molecular weight is 320 g/mol. The van der Waals surface area contributed by atoms with E-state index in [1.54, 1.807) is 12.1 Å². The molecule has 0 spiro atoms. The smallest absolute Gasteiger partial charge is 0.240 e. The van der Waals surface area contributed by atoms with Crippen LogP contribution in [0.25, 0.3) is 0 Å². The van der Waals surface area contributed by atoms with Crippen molar-refractivity contribution in [2.45, 2.75) is 23.8 Å². The summed E-state index contributed by atoms with van der Waals surface area (Å²) in [5, 5.41) is 9.61. The molecule has 0 amide bonds. The van der Waals surface area contributed by atoms with Crippen molar-refractivity contribution in [1.29, 1.82) is 0 Å². The maximum Gasteiger partial charge on any atom is 0.240 e. The second-order valence-electron chi connectivity index (χ2n) is 4.21. The lowest BCUT2D eigenvalue weighted by atomic mass is 10.2. The third-order valence-corrected chi connectivity index (χ3v) is 4.74. The van der Waals surface area contributed by atoms with Crippen LogP contribution in [-0.4, -0.2) is 26.2 Å². The first-order valence-corrected chi connectivity index (χ1v) is 7.70. The number of hydrogen-bond donors (Lipinski definition) is 2. The molecule has 1 aliphatic carbocycles. The van der Waals surface area contributed by atoms with E-state index in [1.165, 1.54) is 12.1 Å². The quantitative estimate of drug-likeness (QED) is 0.864. The molecule has 6 heteroatoms. The molecular formula is C11H14BrNO3S. The van der Waals surface area contributed by atoms with E-state index in [9.17, 15) is 13.5 Å². The minimum absolute atomic E-state index is 0.0864. The van der Waals surface area contributed by atoms with Crippen LogP contribution in [0, 0.1) is 5.92 Å². The van der Waals surface area contributed by atoms with Gasteiger partial charge >= 0.3 is 0 Å². The summed E-state index contributed by atoms with van der Waals surface area (Å²) >= 11 is 3.25. The predicted molar refractivity (Wildman–Crippen MR) is 68.1 cm³/mol. The molecule has 94 valence electrons. The van der Waals surface area contributed by atoms with Gasteiger partial charge in [-0.1, -0.05) is 15.9 Å². The standard InChI is InChI=1S/C11H14BrNO3S/c12-9-3-5-10(6-4-9)17(15,16)13-7-11(14)8-1-2-8/h3-6,8,11,13-14H,1-2,7H2. The maximum atomic E-state index is 11.9. The molecule has 1 saturated carbocycles. The van der Waals surface area contributed by atoms with Gasteiger partial charge in [0.05, 0.1) is 11.0 Å². The van der Waals surface area contributed by atoms with Crippen molar-refractivity contribution in [1.82, 2.24) is 4.72 Å². The minimum Gasteiger partial charge on any atom is -0.391 e. The van der Waals surface area contributed by atoms with Crippen molar-refractivity contribution in [3.05, 3.63) is 28.7 Å². The molecule has 0 saturated heterocycles. The number of halogens is 1. The van der Waals surface area contributed by atoms with Crippen LogP contribution in [0.1, 0.15) is 12.8 Å². The van der Waals surface area contributed by atoms with Gasteiger partial charge in [0.15, 0.2) is 0 Å². The fourth-order valence-electron chi connectivity index (χ4n) is 1.54. The molecule has 0 bridgehead atoms. The SMILES string of the molecule is O=S(=O)(NCC(O)C1CC1)c1ccc(Br)cc1. The molecule has 0 aromatic heterocycles. The molecule has 1 atom stereocenters. The summed E-state index contributed by atoms with van der Waals surface area (Å²) in [4.78, 5) is 0.212. The summed E-state index contributed by atoms with van der Waals surface area (Å²) in [5.41, 5.74) is 0. The Morgan fingerprint density at radius 3 is 2.47 bits per heavy atom. The Hall–Kier alpha value is -0.430. The van der Waals surface area contributed by atoms with E-state index in [2.05, 4.69) is 20.7 Å². The molecule has 1 aromatic rings. The molecule has 1 aromatic carbocycles. The van der Waals surface area contributed by atoms with Crippen LogP contribution in [-0.2, 0) is 10.0 Å². The Balaban J connectivity index is 2.00. The monoisotopic (exact) mass is 319 g/mol. The fourth-order valence-corrected chi connectivity index (χ4v) is 2.86. The minimum atomic E-state index is -3.51. The molecule has 0 heterocycles. The second kappa shape index (κ2) is 5.06. The van der Waals surface area contributed by atoms with Crippen LogP contribution in [0.15, 0.2) is 33.6 Å². The topological polar surface area (TPSA) is 66.4 Å². The Bertz CT molecular complexity index is 482. The lowest BCUT2D eigenvalue weighted by molar-refractivity contribution is 0.155. The van der Waals surface area contributed by atoms with Crippen molar-refractivity contribution in [2.75, 3.05) is 6.54 Å².